The van der Waals surface area contributed by atoms with E-state index >= 15 is 0 Å². The maximum Gasteiger partial charge on any atom is 0.304 e. The van der Waals surface area contributed by atoms with E-state index in [9.17, 15) is 20.3 Å². The molecule has 1 fully saturated rings. The van der Waals surface area contributed by atoms with Gasteiger partial charge in [0.2, 0.25) is 0 Å². The van der Waals surface area contributed by atoms with Gasteiger partial charge in [-0.25, -0.2) is 0 Å². The van der Waals surface area contributed by atoms with E-state index in [0.29, 0.717) is 29.4 Å². The summed E-state index contributed by atoms with van der Waals surface area (Å²) < 4.78 is 0. The minimum Gasteiger partial charge on any atom is -0.391 e. The zero-order valence-corrected chi connectivity index (χ0v) is 10.2. The average molecular weight is 258 g/mol. The van der Waals surface area contributed by atoms with Gasteiger partial charge in [0.25, 0.3) is 0 Å². The lowest BCUT2D eigenvalue weighted by molar-refractivity contribution is -0.383. The van der Waals surface area contributed by atoms with E-state index in [-0.39, 0.29) is 5.69 Å². The van der Waals surface area contributed by atoms with Crippen molar-refractivity contribution in [1.82, 2.24) is 0 Å². The number of thiophene rings is 1. The van der Waals surface area contributed by atoms with Crippen LogP contribution in [0.25, 0.3) is 0 Å². The monoisotopic (exact) mass is 258 g/mol. The van der Waals surface area contributed by atoms with Gasteiger partial charge in [0.15, 0.2) is 5.00 Å². The standard InChI is InChI=1S/C10H14N2O4S/c1-6(13)9-4-8(12(15)16)10(17-9)11-3-2-7(14)5-11/h4,6-7,13-14H,2-3,5H2,1H3/t6-,7?/m0/s1. The third-order valence-corrected chi connectivity index (χ3v) is 4.13. The molecule has 1 saturated heterocycles. The van der Waals surface area contributed by atoms with Crippen molar-refractivity contribution in [1.29, 1.82) is 0 Å². The predicted octanol–water partition coefficient (Wildman–Crippen LogP) is 1.28. The molecule has 0 saturated carbocycles. The molecule has 1 unspecified atom stereocenters. The van der Waals surface area contributed by atoms with E-state index in [1.165, 1.54) is 17.4 Å². The Hall–Kier alpha value is -1.18. The van der Waals surface area contributed by atoms with Gasteiger partial charge in [0.05, 0.1) is 17.1 Å². The number of hydrogen-bond acceptors (Lipinski definition) is 6. The van der Waals surface area contributed by atoms with Crippen molar-refractivity contribution in [2.75, 3.05) is 18.0 Å². The second kappa shape index (κ2) is 4.59. The average Bonchev–Trinajstić information content (AvgIpc) is 2.82. The Balaban J connectivity index is 2.34. The Morgan fingerprint density at radius 1 is 1.71 bits per heavy atom. The van der Waals surface area contributed by atoms with E-state index < -0.39 is 17.1 Å². The number of nitrogens with zero attached hydrogens (tertiary/aromatic N) is 2. The van der Waals surface area contributed by atoms with E-state index in [1.54, 1.807) is 11.8 Å². The van der Waals surface area contributed by atoms with Crippen molar-refractivity contribution in [2.45, 2.75) is 25.6 Å². The van der Waals surface area contributed by atoms with Gasteiger partial charge in [0, 0.05) is 24.0 Å². The molecule has 1 aliphatic heterocycles. The zero-order chi connectivity index (χ0) is 12.6. The fourth-order valence-corrected chi connectivity index (χ4v) is 2.98. The van der Waals surface area contributed by atoms with Crippen LogP contribution in [0.1, 0.15) is 24.3 Å². The molecule has 1 aliphatic rings. The summed E-state index contributed by atoms with van der Waals surface area (Å²) in [4.78, 5) is 12.9. The minimum atomic E-state index is -0.708. The SMILES string of the molecule is C[C@H](O)c1cc([N+](=O)[O-])c(N2CCC(O)C2)s1. The van der Waals surface area contributed by atoms with Crippen molar-refractivity contribution in [3.05, 3.63) is 21.1 Å². The topological polar surface area (TPSA) is 86.8 Å². The molecular formula is C10H14N2O4S. The third kappa shape index (κ3) is 2.41. The van der Waals surface area contributed by atoms with Gasteiger partial charge in [0.1, 0.15) is 0 Å². The van der Waals surface area contributed by atoms with Gasteiger partial charge >= 0.3 is 5.69 Å². The Morgan fingerprint density at radius 2 is 2.41 bits per heavy atom. The van der Waals surface area contributed by atoms with Crippen LogP contribution in [0.4, 0.5) is 10.7 Å². The molecule has 0 aliphatic carbocycles. The fraction of sp³-hybridized carbons (Fsp3) is 0.600. The first-order chi connectivity index (χ1) is 7.99. The summed E-state index contributed by atoms with van der Waals surface area (Å²) in [6.45, 7) is 2.61. The lowest BCUT2D eigenvalue weighted by atomic mass is 10.3. The quantitative estimate of drug-likeness (QED) is 0.630. The van der Waals surface area contributed by atoms with E-state index in [0.717, 1.165) is 0 Å². The maximum atomic E-state index is 10.9. The van der Waals surface area contributed by atoms with Crippen LogP contribution in [0.3, 0.4) is 0 Å². The van der Waals surface area contributed by atoms with Crippen LogP contribution in [0, 0.1) is 10.1 Å². The first-order valence-corrected chi connectivity index (χ1v) is 6.20. The van der Waals surface area contributed by atoms with Crippen molar-refractivity contribution >= 4 is 22.0 Å². The Kier molecular flexibility index (Phi) is 3.32. The van der Waals surface area contributed by atoms with Crippen LogP contribution < -0.4 is 4.90 Å². The lowest BCUT2D eigenvalue weighted by Crippen LogP contribution is -2.20. The molecule has 1 aromatic heterocycles. The highest BCUT2D eigenvalue weighted by Gasteiger charge is 2.29. The normalized spacial score (nSPS) is 21.8. The highest BCUT2D eigenvalue weighted by atomic mass is 32.1. The van der Waals surface area contributed by atoms with Crippen molar-refractivity contribution in [3.63, 3.8) is 0 Å². The lowest BCUT2D eigenvalue weighted by Gasteiger charge is -2.14. The van der Waals surface area contributed by atoms with Crippen molar-refractivity contribution < 1.29 is 15.1 Å². The Labute approximate surface area is 102 Å². The second-order valence-electron chi connectivity index (χ2n) is 4.16. The van der Waals surface area contributed by atoms with Gasteiger partial charge in [-0.05, 0) is 13.3 Å². The number of aliphatic hydroxyl groups is 2. The molecule has 2 rings (SSSR count). The molecule has 0 aromatic carbocycles. The van der Waals surface area contributed by atoms with Crippen LogP contribution in [-0.2, 0) is 0 Å². The summed E-state index contributed by atoms with van der Waals surface area (Å²) in [7, 11) is 0. The second-order valence-corrected chi connectivity index (χ2v) is 5.22. The molecule has 0 radical (unpaired) electrons. The summed E-state index contributed by atoms with van der Waals surface area (Å²) in [5.74, 6) is 0. The third-order valence-electron chi connectivity index (χ3n) is 2.77. The Morgan fingerprint density at radius 3 is 2.88 bits per heavy atom. The van der Waals surface area contributed by atoms with Crippen LogP contribution in [0.2, 0.25) is 0 Å². The van der Waals surface area contributed by atoms with Gasteiger partial charge < -0.3 is 15.1 Å². The zero-order valence-electron chi connectivity index (χ0n) is 9.37. The van der Waals surface area contributed by atoms with Crippen LogP contribution >= 0.6 is 11.3 Å². The predicted molar refractivity (Wildman–Crippen MR) is 64.4 cm³/mol. The molecule has 17 heavy (non-hydrogen) atoms. The van der Waals surface area contributed by atoms with Crippen molar-refractivity contribution in [2.24, 2.45) is 0 Å². The highest BCUT2D eigenvalue weighted by Crippen LogP contribution is 2.41. The highest BCUT2D eigenvalue weighted by molar-refractivity contribution is 7.16. The van der Waals surface area contributed by atoms with E-state index in [4.69, 9.17) is 0 Å². The van der Waals surface area contributed by atoms with Gasteiger partial charge in [-0.3, -0.25) is 10.1 Å². The van der Waals surface area contributed by atoms with Gasteiger partial charge in [-0.1, -0.05) is 0 Å². The van der Waals surface area contributed by atoms with E-state index in [1.807, 2.05) is 0 Å². The minimum absolute atomic E-state index is 0.0139. The molecule has 6 nitrogen and oxygen atoms in total. The molecule has 2 heterocycles. The van der Waals surface area contributed by atoms with Crippen LogP contribution in [0.5, 0.6) is 0 Å². The molecule has 2 atom stereocenters. The number of β-amino-alcohol motifs (C(OH)–C–C–N with tert-alkyl or cyclic N) is 1. The van der Waals surface area contributed by atoms with E-state index in [2.05, 4.69) is 0 Å². The summed E-state index contributed by atoms with van der Waals surface area (Å²) in [6, 6.07) is 1.41. The molecule has 1 aromatic rings. The van der Waals surface area contributed by atoms with Gasteiger partial charge in [-0.2, -0.15) is 0 Å². The molecular weight excluding hydrogens is 244 g/mol. The summed E-state index contributed by atoms with van der Waals surface area (Å²) in [6.07, 6.45) is -0.509. The summed E-state index contributed by atoms with van der Waals surface area (Å²) >= 11 is 1.22. The van der Waals surface area contributed by atoms with Crippen LogP contribution in [-0.4, -0.2) is 34.3 Å². The molecule has 0 bridgehead atoms. The first kappa shape index (κ1) is 12.3. The fourth-order valence-electron chi connectivity index (χ4n) is 1.88. The van der Waals surface area contributed by atoms with Crippen molar-refractivity contribution in [3.8, 4) is 0 Å². The maximum absolute atomic E-state index is 10.9. The number of nitro groups is 1. The smallest absolute Gasteiger partial charge is 0.304 e. The molecule has 0 spiro atoms. The molecule has 94 valence electrons. The molecule has 2 N–H and O–H groups in total. The first-order valence-electron chi connectivity index (χ1n) is 5.38. The largest absolute Gasteiger partial charge is 0.391 e. The Bertz CT molecular complexity index is 432. The van der Waals surface area contributed by atoms with Gasteiger partial charge in [-0.15, -0.1) is 11.3 Å². The summed E-state index contributed by atoms with van der Waals surface area (Å²) in [5.41, 5.74) is 0.0139. The number of rotatable bonds is 3. The number of aliphatic hydroxyl groups excluding tert-OH is 2. The summed E-state index contributed by atoms with van der Waals surface area (Å²) in [5, 5.41) is 30.4. The number of hydrogen-bond donors (Lipinski definition) is 2. The van der Waals surface area contributed by atoms with Crippen LogP contribution in [0.15, 0.2) is 6.07 Å². The number of anilines is 1. The molecule has 7 heteroatoms. The molecule has 0 amide bonds.